The van der Waals surface area contributed by atoms with Crippen LogP contribution in [-0.4, -0.2) is 66.2 Å². The number of carbonyl (C=O) groups excluding carboxylic acids is 1. The molecule has 29 heavy (non-hydrogen) atoms. The van der Waals surface area contributed by atoms with Crippen molar-refractivity contribution in [2.24, 2.45) is 0 Å². The van der Waals surface area contributed by atoms with Gasteiger partial charge in [-0.25, -0.2) is 4.68 Å². The molecule has 158 valence electrons. The maximum absolute atomic E-state index is 13.6. The summed E-state index contributed by atoms with van der Waals surface area (Å²) in [6.07, 6.45) is -2.19. The Labute approximate surface area is 165 Å². The number of anilines is 1. The molecule has 8 nitrogen and oxygen atoms in total. The second-order valence-corrected chi connectivity index (χ2v) is 7.07. The first-order valence-corrected chi connectivity index (χ1v) is 9.46. The summed E-state index contributed by atoms with van der Waals surface area (Å²) in [7, 11) is 0. The fourth-order valence-corrected chi connectivity index (χ4v) is 3.65. The molecule has 4 rings (SSSR count). The molecule has 4 heterocycles. The molecule has 0 spiro atoms. The molecule has 2 aliphatic heterocycles. The van der Waals surface area contributed by atoms with Crippen LogP contribution in [0.15, 0.2) is 29.0 Å². The summed E-state index contributed by atoms with van der Waals surface area (Å²) >= 11 is 0. The molecule has 2 unspecified atom stereocenters. The van der Waals surface area contributed by atoms with Crippen LogP contribution in [0.3, 0.4) is 0 Å². The number of hydrogen-bond donors (Lipinski definition) is 2. The second-order valence-electron chi connectivity index (χ2n) is 7.07. The van der Waals surface area contributed by atoms with Crippen LogP contribution in [0.4, 0.5) is 19.0 Å². The summed E-state index contributed by atoms with van der Waals surface area (Å²) in [4.78, 5) is 14.8. The molecule has 2 atom stereocenters. The number of nitrogens with one attached hydrogen (secondary N) is 2. The van der Waals surface area contributed by atoms with E-state index in [1.165, 1.54) is 12.5 Å². The van der Waals surface area contributed by atoms with Gasteiger partial charge in [0.05, 0.1) is 31.7 Å². The first-order valence-electron chi connectivity index (χ1n) is 9.46. The predicted molar refractivity (Wildman–Crippen MR) is 96.6 cm³/mol. The van der Waals surface area contributed by atoms with Crippen molar-refractivity contribution in [3.63, 3.8) is 0 Å². The molecule has 1 amide bonds. The minimum absolute atomic E-state index is 0.0452. The van der Waals surface area contributed by atoms with E-state index in [9.17, 15) is 18.0 Å². The van der Waals surface area contributed by atoms with Crippen LogP contribution in [0.2, 0.25) is 0 Å². The molecule has 0 saturated carbocycles. The Morgan fingerprint density at radius 3 is 2.83 bits per heavy atom. The van der Waals surface area contributed by atoms with E-state index >= 15 is 0 Å². The molecule has 2 aromatic rings. The number of morpholine rings is 1. The zero-order valence-electron chi connectivity index (χ0n) is 15.6. The Kier molecular flexibility index (Phi) is 5.50. The van der Waals surface area contributed by atoms with Gasteiger partial charge in [0, 0.05) is 32.6 Å². The van der Waals surface area contributed by atoms with Gasteiger partial charge in [0.15, 0.2) is 6.04 Å². The maximum Gasteiger partial charge on any atom is 0.410 e. The second kappa shape index (κ2) is 8.07. The van der Waals surface area contributed by atoms with Gasteiger partial charge < -0.3 is 19.8 Å². The number of nitrogens with zero attached hydrogens (tertiary/aromatic N) is 3. The van der Waals surface area contributed by atoms with Crippen LogP contribution >= 0.6 is 0 Å². The normalized spacial score (nSPS) is 22.7. The lowest BCUT2D eigenvalue weighted by molar-refractivity contribution is -0.174. The van der Waals surface area contributed by atoms with Gasteiger partial charge in [-0.2, -0.15) is 18.3 Å². The van der Waals surface area contributed by atoms with Gasteiger partial charge in [-0.1, -0.05) is 0 Å². The van der Waals surface area contributed by atoms with Crippen molar-refractivity contribution in [2.75, 3.05) is 44.7 Å². The standard InChI is InChI=1S/C18H22F3N5O3/c19-18(20,21)15-10-13(14-2-1-7-29-14)24-16-12(11-23-26(15)16)17(27)22-3-4-25-5-8-28-9-6-25/h1-2,7,11,13,15,24H,3-6,8-10H2,(H,22,27). The number of halogens is 3. The van der Waals surface area contributed by atoms with Crippen LogP contribution in [0, 0.1) is 0 Å². The average molecular weight is 413 g/mol. The highest BCUT2D eigenvalue weighted by Gasteiger charge is 2.47. The van der Waals surface area contributed by atoms with Crippen molar-refractivity contribution < 1.29 is 27.1 Å². The van der Waals surface area contributed by atoms with E-state index in [0.717, 1.165) is 17.8 Å². The number of aromatic nitrogens is 2. The Bertz CT molecular complexity index is 830. The summed E-state index contributed by atoms with van der Waals surface area (Å²) in [6, 6.07) is 0.675. The summed E-state index contributed by atoms with van der Waals surface area (Å²) in [5, 5.41) is 9.61. The van der Waals surface area contributed by atoms with Crippen LogP contribution < -0.4 is 10.6 Å². The summed E-state index contributed by atoms with van der Waals surface area (Å²) in [5.41, 5.74) is 0.0810. The van der Waals surface area contributed by atoms with Crippen molar-refractivity contribution >= 4 is 11.7 Å². The minimum Gasteiger partial charge on any atom is -0.467 e. The number of carbonyl (C=O) groups is 1. The lowest BCUT2D eigenvalue weighted by Crippen LogP contribution is -2.41. The quantitative estimate of drug-likeness (QED) is 0.782. The van der Waals surface area contributed by atoms with Crippen LogP contribution in [0.5, 0.6) is 0 Å². The fraction of sp³-hybridized carbons (Fsp3) is 0.556. The molecule has 1 fully saturated rings. The van der Waals surface area contributed by atoms with E-state index in [0.29, 0.717) is 32.1 Å². The van der Waals surface area contributed by atoms with Crippen molar-refractivity contribution in [1.82, 2.24) is 20.0 Å². The predicted octanol–water partition coefficient (Wildman–Crippen LogP) is 2.20. The van der Waals surface area contributed by atoms with Gasteiger partial charge in [0.25, 0.3) is 5.91 Å². The SMILES string of the molecule is O=C(NCCN1CCOCC1)c1cnn2c1NC(c1ccco1)CC2C(F)(F)F. The number of ether oxygens (including phenoxy) is 1. The van der Waals surface area contributed by atoms with E-state index in [4.69, 9.17) is 9.15 Å². The summed E-state index contributed by atoms with van der Waals surface area (Å²) < 4.78 is 52.3. The maximum atomic E-state index is 13.6. The Morgan fingerprint density at radius 2 is 2.14 bits per heavy atom. The molecule has 11 heteroatoms. The van der Waals surface area contributed by atoms with E-state index in [1.807, 2.05) is 0 Å². The number of amides is 1. The molecule has 0 aliphatic carbocycles. The minimum atomic E-state index is -4.50. The largest absolute Gasteiger partial charge is 0.467 e. The highest BCUT2D eigenvalue weighted by atomic mass is 19.4. The molecule has 0 radical (unpaired) electrons. The summed E-state index contributed by atoms with van der Waals surface area (Å²) in [6.45, 7) is 3.92. The zero-order chi connectivity index (χ0) is 20.4. The third kappa shape index (κ3) is 4.25. The molecule has 0 bridgehead atoms. The molecule has 2 aromatic heterocycles. The monoisotopic (exact) mass is 413 g/mol. The first-order chi connectivity index (χ1) is 13.9. The highest BCUT2D eigenvalue weighted by molar-refractivity contribution is 5.98. The highest BCUT2D eigenvalue weighted by Crippen LogP contribution is 2.44. The Morgan fingerprint density at radius 1 is 1.34 bits per heavy atom. The van der Waals surface area contributed by atoms with Crippen molar-refractivity contribution in [1.29, 1.82) is 0 Å². The molecular formula is C18H22F3N5O3. The molecule has 1 saturated heterocycles. The van der Waals surface area contributed by atoms with Crippen LogP contribution in [0.25, 0.3) is 0 Å². The summed E-state index contributed by atoms with van der Waals surface area (Å²) in [5.74, 6) is -0.0396. The lowest BCUT2D eigenvalue weighted by Gasteiger charge is -2.32. The van der Waals surface area contributed by atoms with Crippen molar-refractivity contribution in [3.05, 3.63) is 35.9 Å². The van der Waals surface area contributed by atoms with Gasteiger partial charge >= 0.3 is 6.18 Å². The molecule has 2 aliphatic rings. The van der Waals surface area contributed by atoms with Crippen molar-refractivity contribution in [2.45, 2.75) is 24.7 Å². The van der Waals surface area contributed by atoms with Gasteiger partial charge in [-0.05, 0) is 12.1 Å². The van der Waals surface area contributed by atoms with Gasteiger partial charge in [0.1, 0.15) is 17.1 Å². The van der Waals surface area contributed by atoms with Gasteiger partial charge in [-0.15, -0.1) is 0 Å². The molecular weight excluding hydrogens is 391 g/mol. The lowest BCUT2D eigenvalue weighted by atomic mass is 10.0. The third-order valence-corrected chi connectivity index (χ3v) is 5.19. The van der Waals surface area contributed by atoms with Gasteiger partial charge in [-0.3, -0.25) is 9.69 Å². The molecule has 0 aromatic carbocycles. The Balaban J connectivity index is 1.49. The van der Waals surface area contributed by atoms with Crippen molar-refractivity contribution in [3.8, 4) is 0 Å². The van der Waals surface area contributed by atoms with Crippen LogP contribution in [0.1, 0.15) is 34.6 Å². The zero-order valence-corrected chi connectivity index (χ0v) is 15.6. The van der Waals surface area contributed by atoms with E-state index in [2.05, 4.69) is 20.6 Å². The van der Waals surface area contributed by atoms with E-state index in [1.54, 1.807) is 12.1 Å². The average Bonchev–Trinajstić information content (AvgIpc) is 3.37. The number of alkyl halides is 3. The fourth-order valence-electron chi connectivity index (χ4n) is 3.65. The number of fused-ring (bicyclic) bond motifs is 1. The number of hydrogen-bond acceptors (Lipinski definition) is 6. The third-order valence-electron chi connectivity index (χ3n) is 5.19. The smallest absolute Gasteiger partial charge is 0.410 e. The molecule has 2 N–H and O–H groups in total. The van der Waals surface area contributed by atoms with Gasteiger partial charge in [0.2, 0.25) is 0 Å². The number of rotatable bonds is 5. The van der Waals surface area contributed by atoms with E-state index in [-0.39, 0.29) is 17.8 Å². The van der Waals surface area contributed by atoms with E-state index < -0.39 is 24.2 Å². The number of furan rings is 1. The first kappa shape index (κ1) is 19.8. The topological polar surface area (TPSA) is 84.6 Å². The van der Waals surface area contributed by atoms with Crippen LogP contribution in [-0.2, 0) is 4.74 Å². The Hall–Kier alpha value is -2.53.